The van der Waals surface area contributed by atoms with E-state index in [1.807, 2.05) is 13.8 Å². The summed E-state index contributed by atoms with van der Waals surface area (Å²) in [4.78, 5) is 14.8. The Labute approximate surface area is 75.2 Å². The third-order valence-electron chi connectivity index (χ3n) is 1.88. The lowest BCUT2D eigenvalue weighted by Crippen LogP contribution is -1.93. The van der Waals surface area contributed by atoms with Crippen LogP contribution in [-0.2, 0) is 0 Å². The predicted octanol–water partition coefficient (Wildman–Crippen LogP) is 1.16. The van der Waals surface area contributed by atoms with Crippen molar-refractivity contribution in [2.75, 3.05) is 0 Å². The first-order chi connectivity index (χ1) is 6.20. The molecule has 0 spiro atoms. The van der Waals surface area contributed by atoms with E-state index in [1.54, 1.807) is 16.8 Å². The molecule has 0 radical (unpaired) electrons. The second-order valence-corrected chi connectivity index (χ2v) is 3.00. The van der Waals surface area contributed by atoms with Gasteiger partial charge in [0.2, 0.25) is 0 Å². The molecule has 0 aliphatic rings. The summed E-state index contributed by atoms with van der Waals surface area (Å²) in [6.07, 6.45) is 2.48. The molecule has 0 amide bonds. The standard InChI is InChI=1S/C9H9N3O/c1-6-3-8(5-13)4-12-9(6)10-7(2)11-12/h3-5H,1-2H3. The Morgan fingerprint density at radius 1 is 1.46 bits per heavy atom. The maximum atomic E-state index is 10.5. The zero-order valence-electron chi connectivity index (χ0n) is 7.48. The van der Waals surface area contributed by atoms with E-state index in [2.05, 4.69) is 10.1 Å². The first-order valence-electron chi connectivity index (χ1n) is 3.99. The molecule has 2 rings (SSSR count). The van der Waals surface area contributed by atoms with Gasteiger partial charge in [-0.1, -0.05) is 0 Å². The maximum Gasteiger partial charge on any atom is 0.158 e. The summed E-state index contributed by atoms with van der Waals surface area (Å²) in [7, 11) is 0. The van der Waals surface area contributed by atoms with E-state index in [9.17, 15) is 4.79 Å². The number of aryl methyl sites for hydroxylation is 2. The third kappa shape index (κ3) is 1.20. The van der Waals surface area contributed by atoms with Crippen molar-refractivity contribution >= 4 is 11.9 Å². The van der Waals surface area contributed by atoms with Crippen molar-refractivity contribution in [3.63, 3.8) is 0 Å². The molecule has 0 bridgehead atoms. The lowest BCUT2D eigenvalue weighted by Gasteiger charge is -1.96. The largest absolute Gasteiger partial charge is 0.298 e. The molecule has 2 aromatic rings. The van der Waals surface area contributed by atoms with Crippen molar-refractivity contribution in [1.29, 1.82) is 0 Å². The van der Waals surface area contributed by atoms with E-state index in [4.69, 9.17) is 0 Å². The summed E-state index contributed by atoms with van der Waals surface area (Å²) in [6, 6.07) is 1.80. The number of nitrogens with zero attached hydrogens (tertiary/aromatic N) is 3. The Bertz CT molecular complexity index is 473. The van der Waals surface area contributed by atoms with Crippen LogP contribution in [0.15, 0.2) is 12.3 Å². The molecular formula is C9H9N3O. The number of carbonyl (C=O) groups excluding carboxylic acids is 1. The van der Waals surface area contributed by atoms with Crippen molar-refractivity contribution in [3.05, 3.63) is 29.2 Å². The van der Waals surface area contributed by atoms with Crippen molar-refractivity contribution < 1.29 is 4.79 Å². The molecule has 0 fully saturated rings. The van der Waals surface area contributed by atoms with Gasteiger partial charge in [-0.2, -0.15) is 5.10 Å². The fourth-order valence-electron chi connectivity index (χ4n) is 1.35. The molecule has 0 atom stereocenters. The van der Waals surface area contributed by atoms with Gasteiger partial charge < -0.3 is 0 Å². The summed E-state index contributed by atoms with van der Waals surface area (Å²) in [5, 5.41) is 4.13. The first kappa shape index (κ1) is 7.91. The van der Waals surface area contributed by atoms with Crippen molar-refractivity contribution in [3.8, 4) is 0 Å². The molecule has 2 heterocycles. The molecule has 0 aromatic carbocycles. The van der Waals surface area contributed by atoms with Crippen LogP contribution < -0.4 is 0 Å². The van der Waals surface area contributed by atoms with E-state index >= 15 is 0 Å². The Balaban J connectivity index is 2.82. The summed E-state index contributed by atoms with van der Waals surface area (Å²) >= 11 is 0. The monoisotopic (exact) mass is 175 g/mol. The number of carbonyl (C=O) groups is 1. The number of pyridine rings is 1. The van der Waals surface area contributed by atoms with Crippen molar-refractivity contribution in [2.24, 2.45) is 0 Å². The highest BCUT2D eigenvalue weighted by Crippen LogP contribution is 2.09. The smallest absolute Gasteiger partial charge is 0.158 e. The molecule has 2 aromatic heterocycles. The number of rotatable bonds is 1. The van der Waals surface area contributed by atoms with Crippen LogP contribution in [0, 0.1) is 13.8 Å². The molecule has 0 saturated carbocycles. The number of hydrogen-bond acceptors (Lipinski definition) is 3. The van der Waals surface area contributed by atoms with Gasteiger partial charge in [0, 0.05) is 11.8 Å². The minimum atomic E-state index is 0.620. The van der Waals surface area contributed by atoms with Crippen molar-refractivity contribution in [2.45, 2.75) is 13.8 Å². The molecule has 0 N–H and O–H groups in total. The highest BCUT2D eigenvalue weighted by molar-refractivity contribution is 5.75. The number of hydrogen-bond donors (Lipinski definition) is 0. The Kier molecular flexibility index (Phi) is 1.62. The van der Waals surface area contributed by atoms with Crippen LogP contribution >= 0.6 is 0 Å². The van der Waals surface area contributed by atoms with Crippen LogP contribution in [0.1, 0.15) is 21.7 Å². The molecular weight excluding hydrogens is 166 g/mol. The quantitative estimate of drug-likeness (QED) is 0.611. The summed E-state index contributed by atoms with van der Waals surface area (Å²) in [5.41, 5.74) is 2.39. The van der Waals surface area contributed by atoms with Crippen LogP contribution in [0.3, 0.4) is 0 Å². The SMILES string of the molecule is Cc1nc2c(C)cc(C=O)cn2n1. The normalized spacial score (nSPS) is 10.6. The Morgan fingerprint density at radius 3 is 2.92 bits per heavy atom. The molecule has 66 valence electrons. The molecule has 4 heteroatoms. The average Bonchev–Trinajstić information content (AvgIpc) is 2.46. The number of fused-ring (bicyclic) bond motifs is 1. The van der Waals surface area contributed by atoms with Crippen LogP contribution in [0.25, 0.3) is 5.65 Å². The van der Waals surface area contributed by atoms with Gasteiger partial charge in [-0.3, -0.25) is 4.79 Å². The lowest BCUT2D eigenvalue weighted by molar-refractivity contribution is 0.112. The van der Waals surface area contributed by atoms with E-state index in [0.29, 0.717) is 11.4 Å². The highest BCUT2D eigenvalue weighted by Gasteiger charge is 2.03. The van der Waals surface area contributed by atoms with Crippen molar-refractivity contribution in [1.82, 2.24) is 14.6 Å². The zero-order chi connectivity index (χ0) is 9.42. The minimum Gasteiger partial charge on any atom is -0.298 e. The van der Waals surface area contributed by atoms with Gasteiger partial charge in [-0.05, 0) is 25.5 Å². The predicted molar refractivity (Wildman–Crippen MR) is 47.8 cm³/mol. The fraction of sp³-hybridized carbons (Fsp3) is 0.222. The second-order valence-electron chi connectivity index (χ2n) is 3.00. The van der Waals surface area contributed by atoms with E-state index < -0.39 is 0 Å². The van der Waals surface area contributed by atoms with Gasteiger partial charge in [0.1, 0.15) is 5.82 Å². The molecule has 13 heavy (non-hydrogen) atoms. The molecule has 0 saturated heterocycles. The van der Waals surface area contributed by atoms with Gasteiger partial charge in [-0.25, -0.2) is 9.50 Å². The van der Waals surface area contributed by atoms with E-state index in [1.165, 1.54) is 0 Å². The van der Waals surface area contributed by atoms with Crippen LogP contribution in [0.2, 0.25) is 0 Å². The van der Waals surface area contributed by atoms with Gasteiger partial charge in [-0.15, -0.1) is 0 Å². The van der Waals surface area contributed by atoms with Gasteiger partial charge in [0.25, 0.3) is 0 Å². The second kappa shape index (κ2) is 2.65. The average molecular weight is 175 g/mol. The van der Waals surface area contributed by atoms with E-state index in [0.717, 1.165) is 17.5 Å². The summed E-state index contributed by atoms with van der Waals surface area (Å²) < 4.78 is 1.63. The molecule has 0 unspecified atom stereocenters. The topological polar surface area (TPSA) is 47.3 Å². The van der Waals surface area contributed by atoms with Crippen LogP contribution in [0.5, 0.6) is 0 Å². The fourth-order valence-corrected chi connectivity index (χ4v) is 1.35. The molecule has 0 aliphatic carbocycles. The Hall–Kier alpha value is -1.71. The summed E-state index contributed by atoms with van der Waals surface area (Å²) in [5.74, 6) is 0.714. The van der Waals surface area contributed by atoms with Gasteiger partial charge in [0.05, 0.1) is 0 Å². The van der Waals surface area contributed by atoms with Gasteiger partial charge in [0.15, 0.2) is 11.9 Å². The summed E-state index contributed by atoms with van der Waals surface area (Å²) in [6.45, 7) is 3.74. The molecule has 4 nitrogen and oxygen atoms in total. The first-order valence-corrected chi connectivity index (χ1v) is 3.99. The van der Waals surface area contributed by atoms with Crippen LogP contribution in [0.4, 0.5) is 0 Å². The zero-order valence-corrected chi connectivity index (χ0v) is 7.48. The number of aromatic nitrogens is 3. The lowest BCUT2D eigenvalue weighted by atomic mass is 10.2. The van der Waals surface area contributed by atoms with E-state index in [-0.39, 0.29) is 0 Å². The van der Waals surface area contributed by atoms with Crippen LogP contribution in [-0.4, -0.2) is 20.9 Å². The molecule has 0 aliphatic heterocycles. The van der Waals surface area contributed by atoms with Gasteiger partial charge >= 0.3 is 0 Å². The third-order valence-corrected chi connectivity index (χ3v) is 1.88. The number of aldehydes is 1. The maximum absolute atomic E-state index is 10.5. The highest BCUT2D eigenvalue weighted by atomic mass is 16.1. The Morgan fingerprint density at radius 2 is 2.23 bits per heavy atom. The minimum absolute atomic E-state index is 0.620.